The summed E-state index contributed by atoms with van der Waals surface area (Å²) in [5.41, 5.74) is 0. The lowest BCUT2D eigenvalue weighted by Crippen LogP contribution is -2.56. The largest absolute Gasteiger partial charge is 0.315 e. The van der Waals surface area contributed by atoms with Crippen LogP contribution in [0.1, 0.15) is 46.0 Å². The Morgan fingerprint density at radius 2 is 1.79 bits per heavy atom. The van der Waals surface area contributed by atoms with Gasteiger partial charge in [-0.15, -0.1) is 0 Å². The Morgan fingerprint density at radius 1 is 1.11 bits per heavy atom. The van der Waals surface area contributed by atoms with E-state index in [0.717, 1.165) is 12.0 Å². The summed E-state index contributed by atoms with van der Waals surface area (Å²) in [5, 5.41) is 3.55. The normalized spacial score (nSPS) is 25.4. The van der Waals surface area contributed by atoms with Crippen molar-refractivity contribution in [2.24, 2.45) is 5.92 Å². The molecule has 1 heterocycles. The summed E-state index contributed by atoms with van der Waals surface area (Å²) < 4.78 is 0. The molecule has 2 aliphatic rings. The summed E-state index contributed by atoms with van der Waals surface area (Å²) in [7, 11) is 2.13. The molecule has 19 heavy (non-hydrogen) atoms. The van der Waals surface area contributed by atoms with Crippen molar-refractivity contribution in [3.63, 3.8) is 0 Å². The lowest BCUT2D eigenvalue weighted by Gasteiger charge is -2.42. The molecule has 0 bridgehead atoms. The van der Waals surface area contributed by atoms with Crippen LogP contribution in [0.3, 0.4) is 0 Å². The number of rotatable bonds is 8. The van der Waals surface area contributed by atoms with Gasteiger partial charge in [0.05, 0.1) is 0 Å². The molecule has 0 spiro atoms. The average Bonchev–Trinajstić information content (AvgIpc) is 3.24. The second-order valence-corrected chi connectivity index (χ2v) is 6.44. The van der Waals surface area contributed by atoms with Crippen LogP contribution in [-0.4, -0.2) is 61.7 Å². The summed E-state index contributed by atoms with van der Waals surface area (Å²) in [6.45, 7) is 11.1. The van der Waals surface area contributed by atoms with Gasteiger partial charge in [-0.05, 0) is 38.6 Å². The van der Waals surface area contributed by atoms with E-state index in [-0.39, 0.29) is 0 Å². The van der Waals surface area contributed by atoms with Crippen LogP contribution in [0.25, 0.3) is 0 Å². The Balaban J connectivity index is 1.79. The number of nitrogens with one attached hydrogen (secondary N) is 1. The minimum Gasteiger partial charge on any atom is -0.315 e. The molecule has 1 saturated carbocycles. The summed E-state index contributed by atoms with van der Waals surface area (Å²) >= 11 is 0. The molecule has 3 heteroatoms. The van der Waals surface area contributed by atoms with Crippen molar-refractivity contribution in [3.8, 4) is 0 Å². The van der Waals surface area contributed by atoms with Gasteiger partial charge in [0.1, 0.15) is 0 Å². The summed E-state index contributed by atoms with van der Waals surface area (Å²) in [6, 6.07) is 1.40. The van der Waals surface area contributed by atoms with Gasteiger partial charge in [-0.2, -0.15) is 0 Å². The van der Waals surface area contributed by atoms with Crippen LogP contribution in [0.15, 0.2) is 0 Å². The minimum absolute atomic E-state index is 0.671. The standard InChI is InChI=1S/C16H33N3/c1-4-6-15(17-3)16(5-2)19-11-9-18(10-12-19)13-14-7-8-14/h14-17H,4-13H2,1-3H3. The number of piperazine rings is 1. The van der Waals surface area contributed by atoms with Gasteiger partial charge in [0.2, 0.25) is 0 Å². The predicted octanol–water partition coefficient (Wildman–Crippen LogP) is 2.18. The zero-order valence-corrected chi connectivity index (χ0v) is 13.2. The van der Waals surface area contributed by atoms with E-state index in [4.69, 9.17) is 0 Å². The van der Waals surface area contributed by atoms with Gasteiger partial charge >= 0.3 is 0 Å². The summed E-state index contributed by atoms with van der Waals surface area (Å²) in [5.74, 6) is 1.04. The number of nitrogens with zero attached hydrogens (tertiary/aromatic N) is 2. The monoisotopic (exact) mass is 267 g/mol. The Labute approximate surface area is 119 Å². The molecule has 1 aliphatic carbocycles. The number of likely N-dealkylation sites (N-methyl/N-ethyl adjacent to an activating group) is 1. The molecule has 2 atom stereocenters. The van der Waals surface area contributed by atoms with Crippen molar-refractivity contribution in [3.05, 3.63) is 0 Å². The molecule has 2 fully saturated rings. The lowest BCUT2D eigenvalue weighted by molar-refractivity contribution is 0.0734. The molecule has 112 valence electrons. The van der Waals surface area contributed by atoms with Crippen LogP contribution < -0.4 is 5.32 Å². The number of hydrogen-bond acceptors (Lipinski definition) is 3. The van der Waals surface area contributed by atoms with Crippen LogP contribution in [0, 0.1) is 5.92 Å². The third-order valence-electron chi connectivity index (χ3n) is 4.94. The summed E-state index contributed by atoms with van der Waals surface area (Å²) in [6.07, 6.45) is 6.82. The highest BCUT2D eigenvalue weighted by Gasteiger charge is 2.30. The maximum atomic E-state index is 3.55. The Bertz CT molecular complexity index is 244. The molecule has 1 saturated heterocycles. The topological polar surface area (TPSA) is 18.5 Å². The fourth-order valence-corrected chi connectivity index (χ4v) is 3.58. The maximum Gasteiger partial charge on any atom is 0.0247 e. The van der Waals surface area contributed by atoms with E-state index >= 15 is 0 Å². The molecule has 2 unspecified atom stereocenters. The first-order valence-electron chi connectivity index (χ1n) is 8.42. The SMILES string of the molecule is CCCC(NC)C(CC)N1CCN(CC2CC2)CC1. The molecular weight excluding hydrogens is 234 g/mol. The van der Waals surface area contributed by atoms with Crippen molar-refractivity contribution in [2.45, 2.75) is 58.0 Å². The van der Waals surface area contributed by atoms with Gasteiger partial charge in [0, 0.05) is 44.8 Å². The van der Waals surface area contributed by atoms with Gasteiger partial charge < -0.3 is 10.2 Å². The van der Waals surface area contributed by atoms with Crippen LogP contribution in [0.2, 0.25) is 0 Å². The molecule has 0 aromatic rings. The van der Waals surface area contributed by atoms with E-state index in [1.165, 1.54) is 64.8 Å². The Morgan fingerprint density at radius 3 is 2.26 bits per heavy atom. The second-order valence-electron chi connectivity index (χ2n) is 6.44. The molecule has 3 nitrogen and oxygen atoms in total. The predicted molar refractivity (Wildman–Crippen MR) is 82.6 cm³/mol. The average molecular weight is 267 g/mol. The molecule has 0 radical (unpaired) electrons. The molecular formula is C16H33N3. The zero-order valence-electron chi connectivity index (χ0n) is 13.2. The van der Waals surface area contributed by atoms with Crippen molar-refractivity contribution >= 4 is 0 Å². The van der Waals surface area contributed by atoms with Gasteiger partial charge in [0.25, 0.3) is 0 Å². The molecule has 2 rings (SSSR count). The fraction of sp³-hybridized carbons (Fsp3) is 1.00. The van der Waals surface area contributed by atoms with Gasteiger partial charge in [-0.1, -0.05) is 20.3 Å². The van der Waals surface area contributed by atoms with Crippen molar-refractivity contribution in [2.75, 3.05) is 39.8 Å². The first-order valence-corrected chi connectivity index (χ1v) is 8.42. The van der Waals surface area contributed by atoms with Crippen molar-refractivity contribution in [1.29, 1.82) is 0 Å². The van der Waals surface area contributed by atoms with Crippen LogP contribution >= 0.6 is 0 Å². The molecule has 1 aliphatic heterocycles. The number of hydrogen-bond donors (Lipinski definition) is 1. The van der Waals surface area contributed by atoms with E-state index in [0.29, 0.717) is 6.04 Å². The molecule has 0 aromatic heterocycles. The minimum atomic E-state index is 0.671. The first-order chi connectivity index (χ1) is 9.28. The highest BCUT2D eigenvalue weighted by Crippen LogP contribution is 2.30. The third-order valence-corrected chi connectivity index (χ3v) is 4.94. The van der Waals surface area contributed by atoms with E-state index in [1.807, 2.05) is 0 Å². The van der Waals surface area contributed by atoms with Gasteiger partial charge in [-0.3, -0.25) is 4.90 Å². The van der Waals surface area contributed by atoms with Crippen molar-refractivity contribution < 1.29 is 0 Å². The van der Waals surface area contributed by atoms with Gasteiger partial charge in [-0.25, -0.2) is 0 Å². The second kappa shape index (κ2) is 7.61. The van der Waals surface area contributed by atoms with Crippen molar-refractivity contribution in [1.82, 2.24) is 15.1 Å². The van der Waals surface area contributed by atoms with E-state index < -0.39 is 0 Å². The summed E-state index contributed by atoms with van der Waals surface area (Å²) in [4.78, 5) is 5.43. The maximum absolute atomic E-state index is 3.55. The Hall–Kier alpha value is -0.120. The fourth-order valence-electron chi connectivity index (χ4n) is 3.58. The molecule has 1 N–H and O–H groups in total. The molecule has 0 aromatic carbocycles. The highest BCUT2D eigenvalue weighted by atomic mass is 15.3. The smallest absolute Gasteiger partial charge is 0.0247 e. The highest BCUT2D eigenvalue weighted by molar-refractivity contribution is 4.87. The van der Waals surface area contributed by atoms with E-state index in [1.54, 1.807) is 0 Å². The Kier molecular flexibility index (Phi) is 6.11. The lowest BCUT2D eigenvalue weighted by atomic mass is 9.98. The van der Waals surface area contributed by atoms with Crippen LogP contribution in [0.4, 0.5) is 0 Å². The van der Waals surface area contributed by atoms with E-state index in [2.05, 4.69) is 36.0 Å². The zero-order chi connectivity index (χ0) is 13.7. The first kappa shape index (κ1) is 15.3. The van der Waals surface area contributed by atoms with Crippen LogP contribution in [0.5, 0.6) is 0 Å². The van der Waals surface area contributed by atoms with Crippen LogP contribution in [-0.2, 0) is 0 Å². The van der Waals surface area contributed by atoms with E-state index in [9.17, 15) is 0 Å². The quantitative estimate of drug-likeness (QED) is 0.727. The van der Waals surface area contributed by atoms with Gasteiger partial charge in [0.15, 0.2) is 0 Å². The molecule has 0 amide bonds. The third kappa shape index (κ3) is 4.44.